The normalized spacial score (nSPS) is 13.6. The zero-order valence-electron chi connectivity index (χ0n) is 11.7. The quantitative estimate of drug-likeness (QED) is 0.810. The molecule has 1 aliphatic heterocycles. The summed E-state index contributed by atoms with van der Waals surface area (Å²) in [5.74, 6) is -0.180. The van der Waals surface area contributed by atoms with Crippen LogP contribution in [-0.2, 0) is 6.42 Å². The number of nitrogens with zero attached hydrogens (tertiary/aromatic N) is 3. The van der Waals surface area contributed by atoms with Gasteiger partial charge in [-0.3, -0.25) is 9.78 Å². The summed E-state index contributed by atoms with van der Waals surface area (Å²) in [6.07, 6.45) is 3.19. The molecular weight excluding hydrogens is 355 g/mol. The Morgan fingerprint density at radius 2 is 2.09 bits per heavy atom. The Kier molecular flexibility index (Phi) is 5.84. The Morgan fingerprint density at radius 3 is 2.87 bits per heavy atom. The number of pyridine rings is 1. The molecule has 2 aromatic rings. The number of carbonyl (C=O) groups is 1. The van der Waals surface area contributed by atoms with E-state index in [0.717, 1.165) is 29.1 Å². The van der Waals surface area contributed by atoms with Crippen molar-refractivity contribution in [3.63, 3.8) is 0 Å². The molecule has 8 heteroatoms. The van der Waals surface area contributed by atoms with E-state index in [9.17, 15) is 4.79 Å². The first-order valence-corrected chi connectivity index (χ1v) is 8.27. The monoisotopic (exact) mass is 370 g/mol. The second kappa shape index (κ2) is 7.47. The fourth-order valence-electron chi connectivity index (χ4n) is 2.13. The molecule has 0 radical (unpaired) electrons. The summed E-state index contributed by atoms with van der Waals surface area (Å²) in [5, 5.41) is 4.07. The lowest BCUT2D eigenvalue weighted by Gasteiger charge is -2.10. The summed E-state index contributed by atoms with van der Waals surface area (Å²) < 4.78 is 0. The maximum Gasteiger partial charge on any atom is 0.271 e. The highest BCUT2D eigenvalue weighted by molar-refractivity contribution is 7.99. The lowest BCUT2D eigenvalue weighted by molar-refractivity contribution is 0.0950. The van der Waals surface area contributed by atoms with Crippen LogP contribution in [0.4, 0.5) is 0 Å². The molecule has 5 nitrogen and oxygen atoms in total. The minimum atomic E-state index is -0.180. The summed E-state index contributed by atoms with van der Waals surface area (Å²) >= 11 is 13.4. The van der Waals surface area contributed by atoms with Crippen molar-refractivity contribution in [3.05, 3.63) is 39.5 Å². The Balaban J connectivity index is 0.00000192. The molecule has 0 spiro atoms. The minimum absolute atomic E-state index is 0. The van der Waals surface area contributed by atoms with Crippen molar-refractivity contribution >= 4 is 40.9 Å². The van der Waals surface area contributed by atoms with Gasteiger partial charge in [-0.05, 0) is 25.8 Å². The number of fused-ring (bicyclic) bond motifs is 1. The second-order valence-corrected chi connectivity index (χ2v) is 6.55. The smallest absolute Gasteiger partial charge is 0.271 e. The molecular formula is C15H16Cl2N4OS. The lowest BCUT2D eigenvalue weighted by Crippen LogP contribution is -2.24. The van der Waals surface area contributed by atoms with Gasteiger partial charge in [0, 0.05) is 17.6 Å². The van der Waals surface area contributed by atoms with Gasteiger partial charge in [-0.2, -0.15) is 0 Å². The van der Waals surface area contributed by atoms with Crippen LogP contribution in [0.25, 0.3) is 0 Å². The lowest BCUT2D eigenvalue weighted by atomic mass is 10.2. The van der Waals surface area contributed by atoms with Gasteiger partial charge in [-0.1, -0.05) is 42.4 Å². The van der Waals surface area contributed by atoms with Gasteiger partial charge in [-0.25, -0.2) is 9.97 Å². The maximum atomic E-state index is 12.1. The number of carbonyl (C=O) groups excluding carboxylic acids is 1. The van der Waals surface area contributed by atoms with Crippen LogP contribution >= 0.6 is 35.0 Å². The van der Waals surface area contributed by atoms with Gasteiger partial charge in [-0.15, -0.1) is 0 Å². The average Bonchev–Trinajstić information content (AvgIpc) is 2.66. The Labute approximate surface area is 149 Å². The average molecular weight is 371 g/mol. The van der Waals surface area contributed by atoms with Crippen LogP contribution in [0.2, 0.25) is 10.2 Å². The molecule has 0 aliphatic carbocycles. The Hall–Kier alpha value is -1.37. The Morgan fingerprint density at radius 1 is 1.30 bits per heavy atom. The maximum absolute atomic E-state index is 12.1. The third-order valence-corrected chi connectivity index (χ3v) is 5.23. The highest BCUT2D eigenvalue weighted by atomic mass is 35.5. The first-order valence-electron chi connectivity index (χ1n) is 6.70. The number of aromatic nitrogens is 3. The number of rotatable bonds is 2. The molecule has 0 unspecified atom stereocenters. The molecule has 1 aliphatic rings. The van der Waals surface area contributed by atoms with Gasteiger partial charge in [0.15, 0.2) is 5.69 Å². The van der Waals surface area contributed by atoms with E-state index in [4.69, 9.17) is 23.2 Å². The van der Waals surface area contributed by atoms with Crippen LogP contribution in [0.1, 0.15) is 35.7 Å². The van der Waals surface area contributed by atoms with Gasteiger partial charge in [0.2, 0.25) is 0 Å². The third-order valence-electron chi connectivity index (χ3n) is 3.21. The molecule has 0 fully saturated rings. The van der Waals surface area contributed by atoms with E-state index in [1.54, 1.807) is 12.3 Å². The van der Waals surface area contributed by atoms with E-state index in [2.05, 4.69) is 20.3 Å². The molecule has 23 heavy (non-hydrogen) atoms. The van der Waals surface area contributed by atoms with Crippen molar-refractivity contribution in [2.75, 3.05) is 6.54 Å². The van der Waals surface area contributed by atoms with Crippen molar-refractivity contribution in [2.45, 2.75) is 37.1 Å². The van der Waals surface area contributed by atoms with Crippen molar-refractivity contribution in [2.24, 2.45) is 0 Å². The topological polar surface area (TPSA) is 67.8 Å². The van der Waals surface area contributed by atoms with E-state index in [1.807, 2.05) is 6.92 Å². The minimum Gasteiger partial charge on any atom is -0.351 e. The molecule has 1 N–H and O–H groups in total. The molecule has 0 saturated heterocycles. The van der Waals surface area contributed by atoms with E-state index in [1.165, 1.54) is 11.8 Å². The van der Waals surface area contributed by atoms with Crippen molar-refractivity contribution < 1.29 is 4.79 Å². The highest BCUT2D eigenvalue weighted by Gasteiger charge is 2.21. The van der Waals surface area contributed by atoms with Crippen LogP contribution in [0.3, 0.4) is 0 Å². The summed E-state index contributed by atoms with van der Waals surface area (Å²) in [6.45, 7) is 2.51. The SMILES string of the molecule is C.Cc1nc2c(nc1Sc1ccnc(Cl)c1Cl)C(=O)NCCC2. The van der Waals surface area contributed by atoms with Crippen molar-refractivity contribution in [3.8, 4) is 0 Å². The number of aryl methyl sites for hydroxylation is 2. The summed E-state index contributed by atoms with van der Waals surface area (Å²) in [5.41, 5.74) is 1.90. The predicted octanol–water partition coefficient (Wildman–Crippen LogP) is 3.95. The number of hydrogen-bond donors (Lipinski definition) is 1. The van der Waals surface area contributed by atoms with E-state index in [0.29, 0.717) is 22.3 Å². The zero-order chi connectivity index (χ0) is 15.7. The number of halogens is 2. The largest absolute Gasteiger partial charge is 0.351 e. The van der Waals surface area contributed by atoms with Crippen LogP contribution < -0.4 is 5.32 Å². The first-order chi connectivity index (χ1) is 10.6. The van der Waals surface area contributed by atoms with Gasteiger partial charge in [0.1, 0.15) is 10.2 Å². The van der Waals surface area contributed by atoms with Gasteiger partial charge < -0.3 is 5.32 Å². The molecule has 0 saturated carbocycles. The fraction of sp³-hybridized carbons (Fsp3) is 0.333. The molecule has 0 aromatic carbocycles. The molecule has 0 bridgehead atoms. The van der Waals surface area contributed by atoms with Crippen LogP contribution in [0.15, 0.2) is 22.2 Å². The Bertz CT molecular complexity index is 754. The van der Waals surface area contributed by atoms with Crippen LogP contribution in [0, 0.1) is 6.92 Å². The van der Waals surface area contributed by atoms with Crippen molar-refractivity contribution in [1.82, 2.24) is 20.3 Å². The third kappa shape index (κ3) is 3.76. The van der Waals surface area contributed by atoms with Crippen LogP contribution in [0.5, 0.6) is 0 Å². The molecule has 0 atom stereocenters. The highest BCUT2D eigenvalue weighted by Crippen LogP contribution is 2.36. The van der Waals surface area contributed by atoms with Gasteiger partial charge in [0.05, 0.1) is 16.4 Å². The number of amides is 1. The number of nitrogens with one attached hydrogen (secondary N) is 1. The van der Waals surface area contributed by atoms with E-state index < -0.39 is 0 Å². The standard InChI is InChI=1S/C14H12Cl2N4OS.CH4/c1-7-14(22-9-4-6-17-12(16)10(9)15)20-11-8(19-7)3-2-5-18-13(11)21;/h4,6H,2-3,5H2,1H3,(H,18,21);1H4. The molecule has 1 amide bonds. The summed E-state index contributed by atoms with van der Waals surface area (Å²) in [6, 6.07) is 1.76. The molecule has 3 rings (SSSR count). The fourth-order valence-corrected chi connectivity index (χ4v) is 3.42. The number of hydrogen-bond acceptors (Lipinski definition) is 5. The molecule has 2 aromatic heterocycles. The van der Waals surface area contributed by atoms with E-state index >= 15 is 0 Å². The first kappa shape index (κ1) is 18.0. The van der Waals surface area contributed by atoms with Gasteiger partial charge >= 0.3 is 0 Å². The molecule has 3 heterocycles. The van der Waals surface area contributed by atoms with Crippen molar-refractivity contribution in [1.29, 1.82) is 0 Å². The summed E-state index contributed by atoms with van der Waals surface area (Å²) in [4.78, 5) is 25.7. The zero-order valence-corrected chi connectivity index (χ0v) is 14.0. The summed E-state index contributed by atoms with van der Waals surface area (Å²) in [7, 11) is 0. The van der Waals surface area contributed by atoms with Gasteiger partial charge in [0.25, 0.3) is 5.91 Å². The second-order valence-electron chi connectivity index (χ2n) is 4.78. The van der Waals surface area contributed by atoms with E-state index in [-0.39, 0.29) is 18.5 Å². The van der Waals surface area contributed by atoms with Crippen LogP contribution in [-0.4, -0.2) is 27.4 Å². The predicted molar refractivity (Wildman–Crippen MR) is 92.5 cm³/mol. The molecule has 122 valence electrons.